The molecule has 1 fully saturated rings. The number of hydrogen-bond acceptors (Lipinski definition) is 4. The molecule has 0 saturated carbocycles. The van der Waals surface area contributed by atoms with Gasteiger partial charge in [0.2, 0.25) is 0 Å². The summed E-state index contributed by atoms with van der Waals surface area (Å²) in [5.41, 5.74) is 2.97. The Morgan fingerprint density at radius 1 is 1.18 bits per heavy atom. The lowest BCUT2D eigenvalue weighted by atomic mass is 10.0. The minimum absolute atomic E-state index is 0.0410. The van der Waals surface area contributed by atoms with Crippen LogP contribution >= 0.6 is 11.6 Å². The molecule has 1 aliphatic heterocycles. The molecule has 3 rings (SSSR count). The lowest BCUT2D eigenvalue weighted by molar-refractivity contribution is -0.137. The maximum atomic E-state index is 13.2. The molecule has 148 valence electrons. The molecular formula is C18H16ClF3N4O2. The van der Waals surface area contributed by atoms with Crippen LogP contribution in [-0.4, -0.2) is 27.4 Å². The smallest absolute Gasteiger partial charge is 0.398 e. The second kappa shape index (κ2) is 6.66. The second-order valence-corrected chi connectivity index (χ2v) is 7.21. The Kier molecular flexibility index (Phi) is 4.74. The summed E-state index contributed by atoms with van der Waals surface area (Å²) in [6.07, 6.45) is -3.25. The molecule has 0 bridgehead atoms. The van der Waals surface area contributed by atoms with Crippen LogP contribution in [0.2, 0.25) is 5.15 Å². The van der Waals surface area contributed by atoms with Gasteiger partial charge in [0.25, 0.3) is 5.91 Å². The van der Waals surface area contributed by atoms with E-state index in [1.165, 1.54) is 31.0 Å². The maximum Gasteiger partial charge on any atom is 0.418 e. The first kappa shape index (κ1) is 19.9. The highest BCUT2D eigenvalue weighted by Crippen LogP contribution is 2.39. The van der Waals surface area contributed by atoms with Crippen LogP contribution in [0.1, 0.15) is 25.0 Å². The number of rotatable bonds is 3. The van der Waals surface area contributed by atoms with E-state index in [4.69, 9.17) is 17.3 Å². The third-order valence-corrected chi connectivity index (χ3v) is 4.78. The highest BCUT2D eigenvalue weighted by molar-refractivity contribution is 6.29. The van der Waals surface area contributed by atoms with E-state index in [2.05, 4.69) is 4.98 Å². The van der Waals surface area contributed by atoms with Crippen molar-refractivity contribution in [1.29, 1.82) is 0 Å². The molecule has 28 heavy (non-hydrogen) atoms. The van der Waals surface area contributed by atoms with E-state index in [9.17, 15) is 22.8 Å². The quantitative estimate of drug-likeness (QED) is 0.468. The van der Waals surface area contributed by atoms with E-state index >= 15 is 0 Å². The van der Waals surface area contributed by atoms with Crippen molar-refractivity contribution < 1.29 is 22.8 Å². The number of amides is 3. The van der Waals surface area contributed by atoms with Gasteiger partial charge in [-0.1, -0.05) is 17.7 Å². The van der Waals surface area contributed by atoms with Gasteiger partial charge in [0, 0.05) is 11.9 Å². The monoisotopic (exact) mass is 412 g/mol. The fourth-order valence-corrected chi connectivity index (χ4v) is 3.05. The van der Waals surface area contributed by atoms with Gasteiger partial charge in [0.15, 0.2) is 0 Å². The normalized spacial score (nSPS) is 16.8. The highest BCUT2D eigenvalue weighted by Gasteiger charge is 2.52. The van der Waals surface area contributed by atoms with E-state index in [0.29, 0.717) is 11.6 Å². The molecule has 1 saturated heterocycles. The molecule has 2 N–H and O–H groups in total. The molecular weight excluding hydrogens is 397 g/mol. The van der Waals surface area contributed by atoms with Gasteiger partial charge in [-0.3, -0.25) is 4.79 Å². The molecule has 0 aliphatic carbocycles. The fraction of sp³-hybridized carbons (Fsp3) is 0.278. The van der Waals surface area contributed by atoms with E-state index in [0.717, 1.165) is 11.0 Å². The summed E-state index contributed by atoms with van der Waals surface area (Å²) in [7, 11) is 0. The highest BCUT2D eigenvalue weighted by atomic mass is 35.5. The second-order valence-electron chi connectivity index (χ2n) is 6.83. The summed E-state index contributed by atoms with van der Waals surface area (Å²) in [5.74, 6) is -0.641. The summed E-state index contributed by atoms with van der Waals surface area (Å²) in [6, 6.07) is 5.40. The van der Waals surface area contributed by atoms with Gasteiger partial charge in [0.1, 0.15) is 10.7 Å². The van der Waals surface area contributed by atoms with Gasteiger partial charge >= 0.3 is 12.2 Å². The molecule has 0 unspecified atom stereocenters. The van der Waals surface area contributed by atoms with Gasteiger partial charge in [-0.15, -0.1) is 0 Å². The number of imide groups is 1. The summed E-state index contributed by atoms with van der Waals surface area (Å²) in [4.78, 5) is 31.7. The number of pyridine rings is 1. The van der Waals surface area contributed by atoms with Crippen molar-refractivity contribution in [1.82, 2.24) is 9.88 Å². The van der Waals surface area contributed by atoms with Crippen LogP contribution in [0.4, 0.5) is 29.3 Å². The molecule has 1 aromatic heterocycles. The number of nitrogen functional groups attached to an aromatic ring is 1. The number of aromatic nitrogens is 1. The third kappa shape index (κ3) is 3.37. The number of benzene rings is 1. The zero-order chi connectivity index (χ0) is 20.9. The Labute approximate surface area is 163 Å². The lowest BCUT2D eigenvalue weighted by Crippen LogP contribution is -2.43. The van der Waals surface area contributed by atoms with E-state index in [-0.39, 0.29) is 17.4 Å². The van der Waals surface area contributed by atoms with E-state index in [1.807, 2.05) is 0 Å². The Bertz CT molecular complexity index is 945. The minimum Gasteiger partial charge on any atom is -0.398 e. The first-order valence-corrected chi connectivity index (χ1v) is 8.54. The molecule has 6 nitrogen and oxygen atoms in total. The van der Waals surface area contributed by atoms with Gasteiger partial charge in [-0.2, -0.15) is 13.2 Å². The van der Waals surface area contributed by atoms with Crippen molar-refractivity contribution in [2.75, 3.05) is 10.6 Å². The number of alkyl halides is 3. The number of nitrogens with two attached hydrogens (primary N) is 1. The van der Waals surface area contributed by atoms with Crippen molar-refractivity contribution in [3.63, 3.8) is 0 Å². The number of nitrogens with zero attached hydrogens (tertiary/aromatic N) is 3. The molecule has 10 heteroatoms. The maximum absolute atomic E-state index is 13.2. The summed E-state index contributed by atoms with van der Waals surface area (Å²) >= 11 is 5.75. The average Bonchev–Trinajstić information content (AvgIpc) is 2.76. The summed E-state index contributed by atoms with van der Waals surface area (Å²) < 4.78 is 39.5. The molecule has 3 amide bonds. The fourth-order valence-electron chi connectivity index (χ4n) is 2.94. The first-order chi connectivity index (χ1) is 12.9. The minimum atomic E-state index is -4.71. The first-order valence-electron chi connectivity index (χ1n) is 8.16. The van der Waals surface area contributed by atoms with Gasteiger partial charge < -0.3 is 10.6 Å². The zero-order valence-corrected chi connectivity index (χ0v) is 15.7. The zero-order valence-electron chi connectivity index (χ0n) is 14.9. The van der Waals surface area contributed by atoms with Crippen LogP contribution in [0.25, 0.3) is 0 Å². The van der Waals surface area contributed by atoms with Crippen LogP contribution in [0.5, 0.6) is 0 Å². The van der Waals surface area contributed by atoms with Crippen LogP contribution in [0, 0.1) is 0 Å². The SMILES string of the molecule is CC1(C)C(=O)N(c2ccc(N)c(C(F)(F)F)c2)C(=O)N1Cc1ccc(Cl)nc1. The summed E-state index contributed by atoms with van der Waals surface area (Å²) in [6.45, 7) is 3.09. The predicted octanol–water partition coefficient (Wildman–Crippen LogP) is 4.08. The van der Waals surface area contributed by atoms with E-state index in [1.54, 1.807) is 12.1 Å². The van der Waals surface area contributed by atoms with Crippen molar-refractivity contribution in [3.8, 4) is 0 Å². The van der Waals surface area contributed by atoms with Gasteiger partial charge in [-0.05, 0) is 43.7 Å². The molecule has 2 aromatic rings. The lowest BCUT2D eigenvalue weighted by Gasteiger charge is -2.27. The molecule has 2 heterocycles. The number of anilines is 2. The van der Waals surface area contributed by atoms with Crippen molar-refractivity contribution in [2.24, 2.45) is 0 Å². The number of urea groups is 1. The van der Waals surface area contributed by atoms with Crippen LogP contribution in [-0.2, 0) is 17.5 Å². The predicted molar refractivity (Wildman–Crippen MR) is 97.6 cm³/mol. The Morgan fingerprint density at radius 2 is 1.86 bits per heavy atom. The van der Waals surface area contributed by atoms with Crippen LogP contribution in [0.3, 0.4) is 0 Å². The largest absolute Gasteiger partial charge is 0.418 e. The number of halogens is 4. The molecule has 0 spiro atoms. The Hall–Kier alpha value is -2.81. The number of hydrogen-bond donors (Lipinski definition) is 1. The Morgan fingerprint density at radius 3 is 2.43 bits per heavy atom. The van der Waals surface area contributed by atoms with Gasteiger partial charge in [0.05, 0.1) is 17.8 Å². The molecule has 1 aliphatic rings. The average molecular weight is 413 g/mol. The van der Waals surface area contributed by atoms with Crippen molar-refractivity contribution in [2.45, 2.75) is 32.1 Å². The molecule has 0 radical (unpaired) electrons. The number of carbonyl (C=O) groups excluding carboxylic acids is 2. The van der Waals surface area contributed by atoms with Gasteiger partial charge in [-0.25, -0.2) is 14.7 Å². The summed E-state index contributed by atoms with van der Waals surface area (Å²) in [5, 5.41) is 0.273. The Balaban J connectivity index is 1.99. The van der Waals surface area contributed by atoms with Crippen LogP contribution in [0.15, 0.2) is 36.5 Å². The topological polar surface area (TPSA) is 79.5 Å². The third-order valence-electron chi connectivity index (χ3n) is 4.55. The van der Waals surface area contributed by atoms with Crippen molar-refractivity contribution >= 4 is 34.9 Å². The molecule has 1 aromatic carbocycles. The molecule has 0 atom stereocenters. The van der Waals surface area contributed by atoms with Crippen LogP contribution < -0.4 is 10.6 Å². The van der Waals surface area contributed by atoms with Crippen molar-refractivity contribution in [3.05, 3.63) is 52.8 Å². The standard InChI is InChI=1S/C18H16ClF3N4O2/c1-17(2)15(27)26(11-4-5-13(23)12(7-11)18(20,21)22)16(28)25(17)9-10-3-6-14(19)24-8-10/h3-8H,9,23H2,1-2H3. The van der Waals surface area contributed by atoms with E-state index < -0.39 is 34.9 Å². The number of carbonyl (C=O) groups is 2.